The van der Waals surface area contributed by atoms with E-state index >= 15 is 0 Å². The molecule has 0 heterocycles. The number of hydrogen-bond donors (Lipinski definition) is 2. The Hall–Kier alpha value is -7.50. The molecule has 70 heavy (non-hydrogen) atoms. The first kappa shape index (κ1) is 47.6. The molecule has 1 fully saturated rings. The Balaban J connectivity index is 0.000000967. The van der Waals surface area contributed by atoms with Crippen LogP contribution in [0.2, 0.25) is 0 Å². The minimum Gasteiger partial charge on any atom is -0.507 e. The molecule has 0 amide bonds. The van der Waals surface area contributed by atoms with Gasteiger partial charge in [-0.1, -0.05) is 195 Å². The van der Waals surface area contributed by atoms with Gasteiger partial charge in [-0.25, -0.2) is 0 Å². The van der Waals surface area contributed by atoms with Crippen LogP contribution in [0.1, 0.15) is 36.8 Å². The van der Waals surface area contributed by atoms with Crippen molar-refractivity contribution in [2.24, 2.45) is 9.98 Å². The predicted octanol–water partition coefficient (Wildman–Crippen LogP) is 16.5. The van der Waals surface area contributed by atoms with Gasteiger partial charge >= 0.3 is 7.25 Å². The van der Waals surface area contributed by atoms with Crippen molar-refractivity contribution in [2.75, 3.05) is 0 Å². The van der Waals surface area contributed by atoms with Gasteiger partial charge in [-0.3, -0.25) is 9.98 Å². The summed E-state index contributed by atoms with van der Waals surface area (Å²) in [5, 5.41) is 33.4. The molecule has 1 saturated carbocycles. The first-order chi connectivity index (χ1) is 33.6. The number of phenolic OH excluding ortho intramolecular Hbond substituents is 2. The third kappa shape index (κ3) is 9.84. The first-order valence-corrected chi connectivity index (χ1v) is 23.2. The van der Waals surface area contributed by atoms with Crippen molar-refractivity contribution >= 4 is 62.8 Å². The Morgan fingerprint density at radius 3 is 1.09 bits per heavy atom. The first-order valence-electron chi connectivity index (χ1n) is 23.2. The monoisotopic (exact) mass is 965 g/mol. The SMILES string of the molecule is F[B-](F)(F)F.Oc1c(C=N[C@@H]2CCCC[C@H]2N=Cc2cc3ccccc3c(-c3c(-c4ccccc4)ccc4ccccc34)c2O)cc2ccccc2c1-c1c(-c2ccccc2)ccc2ccccc12.[Cr]. The largest absolute Gasteiger partial charge is 0.673 e. The van der Waals surface area contributed by atoms with E-state index in [9.17, 15) is 27.5 Å². The number of benzene rings is 10. The number of halogens is 4. The molecule has 0 aromatic heterocycles. The van der Waals surface area contributed by atoms with Crippen LogP contribution in [0.5, 0.6) is 11.5 Å². The summed E-state index contributed by atoms with van der Waals surface area (Å²) in [7, 11) is -6.00. The second-order valence-corrected chi connectivity index (χ2v) is 17.4. The molecule has 346 valence electrons. The fourth-order valence-corrected chi connectivity index (χ4v) is 10.0. The predicted molar refractivity (Wildman–Crippen MR) is 279 cm³/mol. The summed E-state index contributed by atoms with van der Waals surface area (Å²) in [5.74, 6) is 0.424. The second-order valence-electron chi connectivity index (χ2n) is 17.4. The smallest absolute Gasteiger partial charge is 0.507 e. The van der Waals surface area contributed by atoms with Crippen molar-refractivity contribution in [1.82, 2.24) is 0 Å². The van der Waals surface area contributed by atoms with Crippen LogP contribution in [0.25, 0.3) is 87.6 Å². The van der Waals surface area contributed by atoms with Crippen LogP contribution < -0.4 is 0 Å². The van der Waals surface area contributed by atoms with Crippen molar-refractivity contribution in [3.05, 3.63) is 205 Å². The van der Waals surface area contributed by atoms with Gasteiger partial charge in [0, 0.05) is 63.2 Å². The van der Waals surface area contributed by atoms with Gasteiger partial charge in [0.1, 0.15) is 11.5 Å². The maximum Gasteiger partial charge on any atom is 0.673 e. The molecular weight excluding hydrogens is 919 g/mol. The van der Waals surface area contributed by atoms with E-state index in [1.165, 1.54) is 0 Å². The van der Waals surface area contributed by atoms with Crippen LogP contribution in [0.4, 0.5) is 17.3 Å². The van der Waals surface area contributed by atoms with Crippen LogP contribution in [-0.4, -0.2) is 42.0 Å². The molecule has 0 bridgehead atoms. The second kappa shape index (κ2) is 20.6. The Labute approximate surface area is 414 Å². The van der Waals surface area contributed by atoms with Crippen LogP contribution in [0.3, 0.4) is 0 Å². The zero-order valence-corrected chi connectivity index (χ0v) is 39.2. The molecule has 0 unspecified atom stereocenters. The van der Waals surface area contributed by atoms with Gasteiger partial charge in [-0.2, -0.15) is 0 Å². The quantitative estimate of drug-likeness (QED) is 0.0905. The maximum atomic E-state index is 12.5. The standard InChI is InChI=1S/C60H46N2O2.BF4.Cr/c63-59-45(35-43-23-9-13-27-49(43)57(59)55-47-25-11-7-21-41(47)31-33-51(55)39-17-3-1-4-18-39)37-61-53-29-15-16-30-54(53)62-38-46-36-44-24-10-14-28-50(44)58(60(46)64)56-48-26-12-8-22-42(48)32-34-52(56)40-19-5-2-6-20-40;2-1(3,4)5;/h1-14,17-28,31-38,53-54,63-64H,15-16,29-30H2;;/q;-1;/t53-,54-;;/m1../s1. The van der Waals surface area contributed by atoms with E-state index in [-0.39, 0.29) is 40.9 Å². The average Bonchev–Trinajstić information content (AvgIpc) is 3.37. The molecule has 1 aliphatic carbocycles. The molecule has 0 spiro atoms. The molecule has 0 aliphatic heterocycles. The van der Waals surface area contributed by atoms with Gasteiger partial charge in [0.05, 0.1) is 12.1 Å². The van der Waals surface area contributed by atoms with Gasteiger partial charge in [-0.05, 0) is 90.3 Å². The van der Waals surface area contributed by atoms with Crippen molar-refractivity contribution in [3.8, 4) is 56.0 Å². The fraction of sp³-hybridized carbons (Fsp3) is 0.100. The Morgan fingerprint density at radius 2 is 0.714 bits per heavy atom. The van der Waals surface area contributed by atoms with Gasteiger partial charge in [0.2, 0.25) is 0 Å². The molecular formula is C60H46BCrF4N2O2-. The summed E-state index contributed by atoms with van der Waals surface area (Å²) in [6.07, 6.45) is 7.60. The molecule has 10 heteroatoms. The molecule has 1 aliphatic rings. The molecule has 0 radical (unpaired) electrons. The topological polar surface area (TPSA) is 65.2 Å². The summed E-state index contributed by atoms with van der Waals surface area (Å²) in [4.78, 5) is 10.5. The Kier molecular flexibility index (Phi) is 14.0. The zero-order chi connectivity index (χ0) is 47.5. The van der Waals surface area contributed by atoms with E-state index in [0.29, 0.717) is 11.1 Å². The Morgan fingerprint density at radius 1 is 0.400 bits per heavy atom. The summed E-state index contributed by atoms with van der Waals surface area (Å²) in [6.45, 7) is 0. The van der Waals surface area contributed by atoms with E-state index in [4.69, 9.17) is 9.98 Å². The number of aromatic hydroxyl groups is 2. The zero-order valence-electron chi connectivity index (χ0n) is 37.9. The van der Waals surface area contributed by atoms with E-state index in [2.05, 4.69) is 158 Å². The van der Waals surface area contributed by atoms with Gasteiger partial charge in [0.25, 0.3) is 0 Å². The molecule has 2 N–H and O–H groups in total. The van der Waals surface area contributed by atoms with Crippen molar-refractivity contribution in [2.45, 2.75) is 37.8 Å². The Bertz CT molecular complexity index is 3330. The van der Waals surface area contributed by atoms with Gasteiger partial charge < -0.3 is 27.5 Å². The summed E-state index contributed by atoms with van der Waals surface area (Å²) < 4.78 is 39.0. The molecule has 10 aromatic carbocycles. The van der Waals surface area contributed by atoms with E-state index < -0.39 is 7.25 Å². The van der Waals surface area contributed by atoms with Crippen molar-refractivity contribution in [1.29, 1.82) is 0 Å². The van der Waals surface area contributed by atoms with E-state index in [0.717, 1.165) is 113 Å². The molecule has 2 atom stereocenters. The molecule has 11 rings (SSSR count). The molecule has 4 nitrogen and oxygen atoms in total. The van der Waals surface area contributed by atoms with Gasteiger partial charge in [0.15, 0.2) is 0 Å². The minimum absolute atomic E-state index is 0. The third-order valence-corrected chi connectivity index (χ3v) is 13.1. The van der Waals surface area contributed by atoms with Crippen molar-refractivity contribution < 1.29 is 44.8 Å². The summed E-state index contributed by atoms with van der Waals surface area (Å²) in [5.41, 5.74) is 9.27. The number of nitrogens with zero attached hydrogens (tertiary/aromatic N) is 2. The van der Waals surface area contributed by atoms with Crippen LogP contribution >= 0.6 is 0 Å². The normalized spacial score (nSPS) is 15.1. The number of phenols is 2. The molecule has 10 aromatic rings. The van der Waals surface area contributed by atoms with E-state index in [1.54, 1.807) is 0 Å². The minimum atomic E-state index is -6.00. The summed E-state index contributed by atoms with van der Waals surface area (Å²) in [6, 6.07) is 66.9. The molecule has 0 saturated heterocycles. The van der Waals surface area contributed by atoms with Crippen LogP contribution in [0, 0.1) is 0 Å². The number of aliphatic imine (C=N–C) groups is 2. The van der Waals surface area contributed by atoms with Crippen LogP contribution in [0.15, 0.2) is 204 Å². The van der Waals surface area contributed by atoms with E-state index in [1.807, 2.05) is 48.8 Å². The average molecular weight is 966 g/mol. The third-order valence-electron chi connectivity index (χ3n) is 13.1. The number of rotatable bonds is 8. The van der Waals surface area contributed by atoms with Gasteiger partial charge in [-0.15, -0.1) is 0 Å². The maximum absolute atomic E-state index is 12.5. The van der Waals surface area contributed by atoms with Crippen molar-refractivity contribution in [3.63, 3.8) is 0 Å². The number of fused-ring (bicyclic) bond motifs is 4. The number of hydrogen-bond acceptors (Lipinski definition) is 4. The van der Waals surface area contributed by atoms with Crippen LogP contribution in [-0.2, 0) is 17.4 Å². The fourth-order valence-electron chi connectivity index (χ4n) is 10.0. The summed E-state index contributed by atoms with van der Waals surface area (Å²) >= 11 is 0.